The Balaban J connectivity index is 1.29. The number of pyridine rings is 1. The van der Waals surface area contributed by atoms with Gasteiger partial charge in [-0.3, -0.25) is 4.98 Å². The number of unbranched alkanes of at least 4 members (excludes halogenated alkanes) is 3. The van der Waals surface area contributed by atoms with Crippen molar-refractivity contribution in [2.24, 2.45) is 0 Å². The van der Waals surface area contributed by atoms with Crippen molar-refractivity contribution in [3.63, 3.8) is 0 Å². The highest BCUT2D eigenvalue weighted by atomic mass is 16.6. The number of hydrogen-bond acceptors (Lipinski definition) is 5. The van der Waals surface area contributed by atoms with E-state index >= 15 is 0 Å². The van der Waals surface area contributed by atoms with Crippen LogP contribution in [0.3, 0.4) is 0 Å². The van der Waals surface area contributed by atoms with Crippen LogP contribution in [0.5, 0.6) is 5.75 Å². The van der Waals surface area contributed by atoms with Crippen LogP contribution in [0, 0.1) is 0 Å². The minimum Gasteiger partial charge on any atom is -0.492 e. The lowest BCUT2D eigenvalue weighted by Gasteiger charge is -2.35. The van der Waals surface area contributed by atoms with Gasteiger partial charge < -0.3 is 24.6 Å². The first-order chi connectivity index (χ1) is 16.8. The van der Waals surface area contributed by atoms with Gasteiger partial charge in [-0.05, 0) is 69.9 Å². The van der Waals surface area contributed by atoms with Crippen molar-refractivity contribution < 1.29 is 19.1 Å². The molecule has 1 N–H and O–H groups in total. The normalized spacial score (nSPS) is 13.9. The molecular formula is C27H38N4O4. The maximum absolute atomic E-state index is 12.6. The number of amides is 3. The number of aromatic nitrogens is 1. The minimum absolute atomic E-state index is 0.143. The van der Waals surface area contributed by atoms with Gasteiger partial charge in [0.2, 0.25) is 0 Å². The number of benzene rings is 1. The zero-order valence-electron chi connectivity index (χ0n) is 21.2. The second kappa shape index (κ2) is 13.0. The molecule has 190 valence electrons. The van der Waals surface area contributed by atoms with Crippen LogP contribution in [0.25, 0.3) is 0 Å². The summed E-state index contributed by atoms with van der Waals surface area (Å²) in [4.78, 5) is 32.2. The molecule has 1 aromatic heterocycles. The van der Waals surface area contributed by atoms with Gasteiger partial charge in [-0.25, -0.2) is 9.59 Å². The first-order valence-corrected chi connectivity index (χ1v) is 12.5. The van der Waals surface area contributed by atoms with Gasteiger partial charge in [0.15, 0.2) is 0 Å². The molecule has 0 atom stereocenters. The SMILES string of the molecule is CC(C)(C)OC(=O)N1CCN(C(=O)Nc2ccc(CCCCCCOc3cccnc3)cc2)CC1. The zero-order valence-corrected chi connectivity index (χ0v) is 21.2. The quantitative estimate of drug-likeness (QED) is 0.487. The molecule has 0 bridgehead atoms. The van der Waals surface area contributed by atoms with E-state index in [1.807, 2.05) is 45.0 Å². The summed E-state index contributed by atoms with van der Waals surface area (Å²) >= 11 is 0. The maximum atomic E-state index is 12.6. The molecule has 0 unspecified atom stereocenters. The molecule has 1 aliphatic heterocycles. The summed E-state index contributed by atoms with van der Waals surface area (Å²) < 4.78 is 11.1. The zero-order chi connectivity index (χ0) is 25.1. The molecule has 2 aromatic rings. The fourth-order valence-corrected chi connectivity index (χ4v) is 3.78. The average molecular weight is 483 g/mol. The van der Waals surface area contributed by atoms with Crippen molar-refractivity contribution in [3.05, 3.63) is 54.4 Å². The Bertz CT molecular complexity index is 920. The van der Waals surface area contributed by atoms with Crippen molar-refractivity contribution in [1.82, 2.24) is 14.8 Å². The molecule has 1 aromatic carbocycles. The lowest BCUT2D eigenvalue weighted by Crippen LogP contribution is -2.52. The molecular weight excluding hydrogens is 444 g/mol. The molecule has 0 aliphatic carbocycles. The lowest BCUT2D eigenvalue weighted by molar-refractivity contribution is 0.0174. The highest BCUT2D eigenvalue weighted by Crippen LogP contribution is 2.16. The van der Waals surface area contributed by atoms with Crippen LogP contribution in [0.1, 0.15) is 52.0 Å². The van der Waals surface area contributed by atoms with Crippen LogP contribution in [0.4, 0.5) is 15.3 Å². The lowest BCUT2D eigenvalue weighted by atomic mass is 10.1. The number of nitrogens with one attached hydrogen (secondary N) is 1. The summed E-state index contributed by atoms with van der Waals surface area (Å²) in [5, 5.41) is 2.96. The standard InChI is InChI=1S/C27H38N4O4/c1-27(2,3)35-26(33)31-18-16-30(17-19-31)25(32)29-23-13-11-22(12-14-23)9-6-4-5-7-20-34-24-10-8-15-28-21-24/h8,10-15,21H,4-7,9,16-20H2,1-3H3,(H,29,32). The summed E-state index contributed by atoms with van der Waals surface area (Å²) in [6.45, 7) is 8.17. The van der Waals surface area contributed by atoms with Crippen molar-refractivity contribution in [3.8, 4) is 5.75 Å². The van der Waals surface area contributed by atoms with E-state index in [4.69, 9.17) is 9.47 Å². The number of aryl methyl sites for hydroxylation is 1. The third-order valence-electron chi connectivity index (χ3n) is 5.69. The summed E-state index contributed by atoms with van der Waals surface area (Å²) in [7, 11) is 0. The Morgan fingerprint density at radius 3 is 2.29 bits per heavy atom. The number of carbonyl (C=O) groups excluding carboxylic acids is 2. The van der Waals surface area contributed by atoms with Crippen LogP contribution in [0.15, 0.2) is 48.8 Å². The van der Waals surface area contributed by atoms with Crippen molar-refractivity contribution in [1.29, 1.82) is 0 Å². The smallest absolute Gasteiger partial charge is 0.410 e. The van der Waals surface area contributed by atoms with Crippen LogP contribution in [0.2, 0.25) is 0 Å². The molecule has 1 aliphatic rings. The highest BCUT2D eigenvalue weighted by molar-refractivity contribution is 5.89. The Kier molecular flexibility index (Phi) is 9.76. The molecule has 1 fully saturated rings. The number of rotatable bonds is 9. The first-order valence-electron chi connectivity index (χ1n) is 12.5. The summed E-state index contributed by atoms with van der Waals surface area (Å²) in [5.41, 5.74) is 1.52. The molecule has 0 saturated carbocycles. The Hall–Kier alpha value is -3.29. The molecule has 1 saturated heterocycles. The molecule has 0 spiro atoms. The summed E-state index contributed by atoms with van der Waals surface area (Å²) in [5.74, 6) is 0.822. The maximum Gasteiger partial charge on any atom is 0.410 e. The number of anilines is 1. The number of hydrogen-bond donors (Lipinski definition) is 1. The van der Waals surface area contributed by atoms with Gasteiger partial charge in [0.1, 0.15) is 11.4 Å². The van der Waals surface area contributed by atoms with Crippen molar-refractivity contribution >= 4 is 17.8 Å². The van der Waals surface area contributed by atoms with Crippen LogP contribution >= 0.6 is 0 Å². The van der Waals surface area contributed by atoms with Crippen LogP contribution < -0.4 is 10.1 Å². The average Bonchev–Trinajstić information content (AvgIpc) is 2.84. The van der Waals surface area contributed by atoms with E-state index in [0.717, 1.165) is 50.1 Å². The van der Waals surface area contributed by atoms with Gasteiger partial charge in [-0.15, -0.1) is 0 Å². The molecule has 35 heavy (non-hydrogen) atoms. The second-order valence-electron chi connectivity index (χ2n) is 9.78. The number of urea groups is 1. The first kappa shape index (κ1) is 26.3. The largest absolute Gasteiger partial charge is 0.492 e. The topological polar surface area (TPSA) is 84.0 Å². The highest BCUT2D eigenvalue weighted by Gasteiger charge is 2.27. The molecule has 8 nitrogen and oxygen atoms in total. The van der Waals surface area contributed by atoms with E-state index in [1.165, 1.54) is 5.56 Å². The van der Waals surface area contributed by atoms with Crippen molar-refractivity contribution in [2.75, 3.05) is 38.1 Å². The summed E-state index contributed by atoms with van der Waals surface area (Å²) in [6, 6.07) is 11.7. The number of ether oxygens (including phenoxy) is 2. The van der Waals surface area contributed by atoms with Gasteiger partial charge in [0.25, 0.3) is 0 Å². The van der Waals surface area contributed by atoms with Gasteiger partial charge in [0, 0.05) is 38.1 Å². The predicted molar refractivity (Wildman–Crippen MR) is 137 cm³/mol. The fraction of sp³-hybridized carbons (Fsp3) is 0.519. The predicted octanol–water partition coefficient (Wildman–Crippen LogP) is 5.35. The van der Waals surface area contributed by atoms with Crippen LogP contribution in [-0.4, -0.2) is 65.3 Å². The third-order valence-corrected chi connectivity index (χ3v) is 5.69. The van der Waals surface area contributed by atoms with Gasteiger partial charge in [-0.2, -0.15) is 0 Å². The molecule has 0 radical (unpaired) electrons. The van der Waals surface area contributed by atoms with E-state index in [1.54, 1.807) is 22.2 Å². The monoisotopic (exact) mass is 482 g/mol. The molecule has 2 heterocycles. The summed E-state index contributed by atoms with van der Waals surface area (Å²) in [6.07, 6.45) is 8.62. The fourth-order valence-electron chi connectivity index (χ4n) is 3.78. The van der Waals surface area contributed by atoms with E-state index in [9.17, 15) is 9.59 Å². The van der Waals surface area contributed by atoms with E-state index in [-0.39, 0.29) is 12.1 Å². The van der Waals surface area contributed by atoms with Crippen LogP contribution in [-0.2, 0) is 11.2 Å². The van der Waals surface area contributed by atoms with Gasteiger partial charge in [-0.1, -0.05) is 25.0 Å². The van der Waals surface area contributed by atoms with E-state index in [0.29, 0.717) is 26.2 Å². The number of carbonyl (C=O) groups is 2. The number of nitrogens with zero attached hydrogens (tertiary/aromatic N) is 3. The Morgan fingerprint density at radius 2 is 1.63 bits per heavy atom. The Labute approximate surface area is 208 Å². The van der Waals surface area contributed by atoms with E-state index < -0.39 is 5.60 Å². The van der Waals surface area contributed by atoms with Crippen molar-refractivity contribution in [2.45, 2.75) is 58.5 Å². The minimum atomic E-state index is -0.521. The van der Waals surface area contributed by atoms with E-state index in [2.05, 4.69) is 22.4 Å². The van der Waals surface area contributed by atoms with Gasteiger partial charge in [0.05, 0.1) is 12.8 Å². The second-order valence-corrected chi connectivity index (χ2v) is 9.78. The molecule has 8 heteroatoms. The molecule has 3 amide bonds. The van der Waals surface area contributed by atoms with Gasteiger partial charge >= 0.3 is 12.1 Å². The number of piperazine rings is 1. The Morgan fingerprint density at radius 1 is 0.943 bits per heavy atom. The molecule has 3 rings (SSSR count). The third kappa shape index (κ3) is 9.47.